The van der Waals surface area contributed by atoms with E-state index in [4.69, 9.17) is 5.11 Å². The Bertz CT molecular complexity index is 105. The molecule has 0 amide bonds. The smallest absolute Gasteiger partial charge is 0.0727 e. The van der Waals surface area contributed by atoms with Gasteiger partial charge in [0.15, 0.2) is 0 Å². The summed E-state index contributed by atoms with van der Waals surface area (Å²) in [6, 6.07) is 0.107. The Hall–Kier alpha value is -0.160. The summed E-state index contributed by atoms with van der Waals surface area (Å²) in [5, 5.41) is 24.3. The number of aliphatic hydroxyl groups excluding tert-OH is 2. The molecule has 66 valence electrons. The topological polar surface area (TPSA) is 64.5 Å². The molecule has 1 fully saturated rings. The maximum atomic E-state index is 9.41. The molecule has 0 saturated carbocycles. The standard InChI is InChI=1S/C7H16N2O2/c10-4-1-7(11)6-5-8-2-3-9-6/h6-11H,1-5H2. The van der Waals surface area contributed by atoms with E-state index < -0.39 is 6.10 Å². The monoisotopic (exact) mass is 160 g/mol. The third-order valence-corrected chi connectivity index (χ3v) is 1.96. The molecular weight excluding hydrogens is 144 g/mol. The number of nitrogens with one attached hydrogen (secondary N) is 2. The van der Waals surface area contributed by atoms with Crippen LogP contribution >= 0.6 is 0 Å². The Morgan fingerprint density at radius 2 is 2.27 bits per heavy atom. The summed E-state index contributed by atoms with van der Waals surface area (Å²) >= 11 is 0. The van der Waals surface area contributed by atoms with Crippen LogP contribution in [0.2, 0.25) is 0 Å². The van der Waals surface area contributed by atoms with Gasteiger partial charge in [-0.2, -0.15) is 0 Å². The first-order valence-electron chi connectivity index (χ1n) is 4.07. The third kappa shape index (κ3) is 2.75. The molecule has 11 heavy (non-hydrogen) atoms. The highest BCUT2D eigenvalue weighted by molar-refractivity contribution is 4.81. The molecule has 4 N–H and O–H groups in total. The first-order valence-corrected chi connectivity index (χ1v) is 4.07. The van der Waals surface area contributed by atoms with Gasteiger partial charge in [0.1, 0.15) is 0 Å². The zero-order valence-electron chi connectivity index (χ0n) is 6.58. The highest BCUT2D eigenvalue weighted by Crippen LogP contribution is 1.99. The summed E-state index contributed by atoms with van der Waals surface area (Å²) in [7, 11) is 0. The van der Waals surface area contributed by atoms with Crippen molar-refractivity contribution in [2.24, 2.45) is 0 Å². The lowest BCUT2D eigenvalue weighted by molar-refractivity contribution is 0.0896. The lowest BCUT2D eigenvalue weighted by Gasteiger charge is -2.28. The van der Waals surface area contributed by atoms with Gasteiger partial charge in [0.25, 0.3) is 0 Å². The first kappa shape index (κ1) is 8.93. The zero-order valence-corrected chi connectivity index (χ0v) is 6.58. The van der Waals surface area contributed by atoms with E-state index in [9.17, 15) is 5.11 Å². The predicted molar refractivity (Wildman–Crippen MR) is 42.4 cm³/mol. The van der Waals surface area contributed by atoms with E-state index in [0.717, 1.165) is 19.6 Å². The highest BCUT2D eigenvalue weighted by atomic mass is 16.3. The molecule has 0 radical (unpaired) electrons. The van der Waals surface area contributed by atoms with Crippen molar-refractivity contribution in [1.82, 2.24) is 10.6 Å². The lowest BCUT2D eigenvalue weighted by Crippen LogP contribution is -2.54. The van der Waals surface area contributed by atoms with Gasteiger partial charge >= 0.3 is 0 Å². The van der Waals surface area contributed by atoms with Crippen molar-refractivity contribution in [2.75, 3.05) is 26.2 Å². The van der Waals surface area contributed by atoms with Gasteiger partial charge in [-0.3, -0.25) is 0 Å². The van der Waals surface area contributed by atoms with E-state index in [1.54, 1.807) is 0 Å². The van der Waals surface area contributed by atoms with Gasteiger partial charge in [-0.05, 0) is 6.42 Å². The van der Waals surface area contributed by atoms with Crippen molar-refractivity contribution in [1.29, 1.82) is 0 Å². The van der Waals surface area contributed by atoms with Crippen molar-refractivity contribution in [3.63, 3.8) is 0 Å². The van der Waals surface area contributed by atoms with E-state index in [0.29, 0.717) is 6.42 Å². The molecule has 1 aliphatic rings. The summed E-state index contributed by atoms with van der Waals surface area (Å²) in [6.45, 7) is 2.70. The van der Waals surface area contributed by atoms with E-state index in [2.05, 4.69) is 10.6 Å². The molecule has 0 aromatic heterocycles. The van der Waals surface area contributed by atoms with Crippen LogP contribution in [0.4, 0.5) is 0 Å². The molecule has 1 saturated heterocycles. The molecule has 0 spiro atoms. The number of hydrogen-bond donors (Lipinski definition) is 4. The van der Waals surface area contributed by atoms with Gasteiger partial charge in [-0.25, -0.2) is 0 Å². The second-order valence-electron chi connectivity index (χ2n) is 2.84. The molecule has 2 unspecified atom stereocenters. The summed E-state index contributed by atoms with van der Waals surface area (Å²) in [4.78, 5) is 0. The fourth-order valence-electron chi connectivity index (χ4n) is 1.28. The lowest BCUT2D eigenvalue weighted by atomic mass is 10.1. The maximum absolute atomic E-state index is 9.41. The minimum atomic E-state index is -0.423. The molecule has 0 bridgehead atoms. The Balaban J connectivity index is 2.21. The van der Waals surface area contributed by atoms with Gasteiger partial charge < -0.3 is 20.8 Å². The van der Waals surface area contributed by atoms with E-state index in [1.165, 1.54) is 0 Å². The Labute approximate surface area is 66.6 Å². The maximum Gasteiger partial charge on any atom is 0.0727 e. The number of rotatable bonds is 3. The number of aliphatic hydroxyl groups is 2. The van der Waals surface area contributed by atoms with Crippen LogP contribution in [-0.4, -0.2) is 48.6 Å². The average Bonchev–Trinajstić information content (AvgIpc) is 2.07. The molecule has 4 nitrogen and oxygen atoms in total. The van der Waals surface area contributed by atoms with Crippen LogP contribution in [0.3, 0.4) is 0 Å². The van der Waals surface area contributed by atoms with Crippen LogP contribution in [0.25, 0.3) is 0 Å². The molecule has 0 aliphatic carbocycles. The van der Waals surface area contributed by atoms with Gasteiger partial charge in [0.2, 0.25) is 0 Å². The summed E-state index contributed by atoms with van der Waals surface area (Å²) in [5.74, 6) is 0. The first-order chi connectivity index (χ1) is 5.34. The zero-order chi connectivity index (χ0) is 8.10. The molecule has 1 heterocycles. The molecule has 1 rings (SSSR count). The Morgan fingerprint density at radius 3 is 2.82 bits per heavy atom. The molecule has 4 heteroatoms. The second kappa shape index (κ2) is 4.66. The van der Waals surface area contributed by atoms with Gasteiger partial charge in [-0.1, -0.05) is 0 Å². The minimum absolute atomic E-state index is 0.0549. The normalized spacial score (nSPS) is 28.4. The van der Waals surface area contributed by atoms with Crippen LogP contribution in [0.1, 0.15) is 6.42 Å². The number of piperazine rings is 1. The summed E-state index contributed by atoms with van der Waals surface area (Å²) in [6.07, 6.45) is 0.0344. The Kier molecular flexibility index (Phi) is 3.79. The van der Waals surface area contributed by atoms with E-state index >= 15 is 0 Å². The molecule has 0 aromatic carbocycles. The summed E-state index contributed by atoms with van der Waals surface area (Å²) in [5.41, 5.74) is 0. The van der Waals surface area contributed by atoms with Gasteiger partial charge in [0.05, 0.1) is 6.10 Å². The molecular formula is C7H16N2O2. The van der Waals surface area contributed by atoms with Crippen molar-refractivity contribution in [3.8, 4) is 0 Å². The number of hydrogen-bond acceptors (Lipinski definition) is 4. The third-order valence-electron chi connectivity index (χ3n) is 1.96. The Morgan fingerprint density at radius 1 is 1.45 bits per heavy atom. The van der Waals surface area contributed by atoms with Gasteiger partial charge in [0, 0.05) is 32.3 Å². The van der Waals surface area contributed by atoms with Crippen molar-refractivity contribution in [2.45, 2.75) is 18.6 Å². The van der Waals surface area contributed by atoms with E-state index in [-0.39, 0.29) is 12.6 Å². The largest absolute Gasteiger partial charge is 0.396 e. The predicted octanol–water partition coefficient (Wildman–Crippen LogP) is -1.71. The fraction of sp³-hybridized carbons (Fsp3) is 1.00. The van der Waals surface area contributed by atoms with Crippen LogP contribution in [0.5, 0.6) is 0 Å². The van der Waals surface area contributed by atoms with Gasteiger partial charge in [-0.15, -0.1) is 0 Å². The summed E-state index contributed by atoms with van der Waals surface area (Å²) < 4.78 is 0. The SMILES string of the molecule is OCCC(O)C1CNCCN1. The van der Waals surface area contributed by atoms with Crippen molar-refractivity contribution in [3.05, 3.63) is 0 Å². The average molecular weight is 160 g/mol. The van der Waals surface area contributed by atoms with Crippen molar-refractivity contribution >= 4 is 0 Å². The van der Waals surface area contributed by atoms with Crippen LogP contribution < -0.4 is 10.6 Å². The van der Waals surface area contributed by atoms with E-state index in [1.807, 2.05) is 0 Å². The highest BCUT2D eigenvalue weighted by Gasteiger charge is 2.19. The van der Waals surface area contributed by atoms with Crippen LogP contribution in [-0.2, 0) is 0 Å². The molecule has 2 atom stereocenters. The second-order valence-corrected chi connectivity index (χ2v) is 2.84. The fourth-order valence-corrected chi connectivity index (χ4v) is 1.28. The van der Waals surface area contributed by atoms with Crippen LogP contribution in [0.15, 0.2) is 0 Å². The molecule has 1 aliphatic heterocycles. The van der Waals surface area contributed by atoms with Crippen LogP contribution in [0, 0.1) is 0 Å². The van der Waals surface area contributed by atoms with Crippen molar-refractivity contribution < 1.29 is 10.2 Å². The quantitative estimate of drug-likeness (QED) is 0.397. The molecule has 0 aromatic rings. The minimum Gasteiger partial charge on any atom is -0.396 e.